The van der Waals surface area contributed by atoms with Crippen LogP contribution in [0, 0.1) is 0 Å². The van der Waals surface area contributed by atoms with Crippen LogP contribution >= 0.6 is 0 Å². The summed E-state index contributed by atoms with van der Waals surface area (Å²) in [5, 5.41) is 26.9. The molecule has 0 saturated carbocycles. The Morgan fingerprint density at radius 1 is 1.30 bits per heavy atom. The van der Waals surface area contributed by atoms with Gasteiger partial charge in [-0.25, -0.2) is 4.79 Å². The van der Waals surface area contributed by atoms with E-state index in [0.29, 0.717) is 5.56 Å². The predicted octanol–water partition coefficient (Wildman–Crippen LogP) is 0.541. The van der Waals surface area contributed by atoms with Gasteiger partial charge < -0.3 is 15.5 Å². The highest BCUT2D eigenvalue weighted by Gasteiger charge is 2.21. The fourth-order valence-electron chi connectivity index (χ4n) is 1.68. The van der Waals surface area contributed by atoms with Gasteiger partial charge >= 0.3 is 5.97 Å². The fraction of sp³-hybridized carbons (Fsp3) is 0.154. The number of carbonyl (C=O) groups is 2. The molecule has 1 heterocycles. The summed E-state index contributed by atoms with van der Waals surface area (Å²) < 4.78 is 0. The smallest absolute Gasteiger partial charge is 0.326 e. The Labute approximate surface area is 114 Å². The standard InChI is InChI=1S/C13H13N3O4/c17-10-3-1-8(2-4-10)5-11(13(19)20)16-12(18)9-6-14-15-7-9/h1-4,6-7,11,17H,5H2,(H,14,15)(H,16,18)(H,19,20)/t11-/m0/s1. The first-order valence-corrected chi connectivity index (χ1v) is 5.86. The molecule has 0 fully saturated rings. The lowest BCUT2D eigenvalue weighted by atomic mass is 10.1. The number of carboxylic acids is 1. The third kappa shape index (κ3) is 3.35. The number of H-pyrrole nitrogens is 1. The van der Waals surface area contributed by atoms with Crippen molar-refractivity contribution >= 4 is 11.9 Å². The molecule has 7 heteroatoms. The molecule has 1 aromatic heterocycles. The van der Waals surface area contributed by atoms with Crippen LogP contribution in [0.3, 0.4) is 0 Å². The zero-order chi connectivity index (χ0) is 14.5. The van der Waals surface area contributed by atoms with Crippen molar-refractivity contribution in [3.05, 3.63) is 47.8 Å². The number of benzene rings is 1. The minimum atomic E-state index is -1.13. The number of nitrogens with zero attached hydrogens (tertiary/aromatic N) is 1. The van der Waals surface area contributed by atoms with E-state index in [1.807, 2.05) is 0 Å². The van der Waals surface area contributed by atoms with Crippen LogP contribution in [0.15, 0.2) is 36.7 Å². The molecule has 1 aromatic carbocycles. The molecule has 1 amide bonds. The second kappa shape index (κ2) is 5.87. The van der Waals surface area contributed by atoms with Crippen LogP contribution in [0.2, 0.25) is 0 Å². The zero-order valence-corrected chi connectivity index (χ0v) is 10.4. The third-order valence-electron chi connectivity index (χ3n) is 2.74. The summed E-state index contributed by atoms with van der Waals surface area (Å²) in [5.74, 6) is -1.54. The van der Waals surface area contributed by atoms with Gasteiger partial charge in [-0.05, 0) is 17.7 Å². The van der Waals surface area contributed by atoms with E-state index >= 15 is 0 Å². The highest BCUT2D eigenvalue weighted by Crippen LogP contribution is 2.11. The minimum Gasteiger partial charge on any atom is -0.508 e. The van der Waals surface area contributed by atoms with Gasteiger partial charge in [0, 0.05) is 12.6 Å². The number of hydrogen-bond donors (Lipinski definition) is 4. The van der Waals surface area contributed by atoms with Crippen LogP contribution in [0.4, 0.5) is 0 Å². The summed E-state index contributed by atoms with van der Waals surface area (Å²) in [6.45, 7) is 0. The molecule has 0 bridgehead atoms. The van der Waals surface area contributed by atoms with E-state index < -0.39 is 17.9 Å². The van der Waals surface area contributed by atoms with Crippen LogP contribution < -0.4 is 5.32 Å². The maximum absolute atomic E-state index is 11.8. The molecule has 0 unspecified atom stereocenters. The van der Waals surface area contributed by atoms with E-state index in [1.165, 1.54) is 24.5 Å². The molecular formula is C13H13N3O4. The summed E-state index contributed by atoms with van der Waals surface area (Å²) >= 11 is 0. The predicted molar refractivity (Wildman–Crippen MR) is 69.3 cm³/mol. The Morgan fingerprint density at radius 3 is 2.55 bits per heavy atom. The van der Waals surface area contributed by atoms with Crippen molar-refractivity contribution in [1.29, 1.82) is 0 Å². The third-order valence-corrected chi connectivity index (χ3v) is 2.74. The zero-order valence-electron chi connectivity index (χ0n) is 10.4. The van der Waals surface area contributed by atoms with E-state index in [2.05, 4.69) is 15.5 Å². The van der Waals surface area contributed by atoms with Crippen molar-refractivity contribution < 1.29 is 19.8 Å². The number of phenols is 1. The van der Waals surface area contributed by atoms with Gasteiger partial charge in [-0.3, -0.25) is 9.89 Å². The second-order valence-corrected chi connectivity index (χ2v) is 4.22. The Bertz CT molecular complexity index is 593. The van der Waals surface area contributed by atoms with Crippen LogP contribution in [0.1, 0.15) is 15.9 Å². The lowest BCUT2D eigenvalue weighted by molar-refractivity contribution is -0.139. The molecular weight excluding hydrogens is 262 g/mol. The first kappa shape index (κ1) is 13.6. The number of phenolic OH excluding ortho intramolecular Hbond substituents is 1. The van der Waals surface area contributed by atoms with E-state index in [1.54, 1.807) is 12.1 Å². The number of aliphatic carboxylic acids is 1. The number of amides is 1. The van der Waals surface area contributed by atoms with Gasteiger partial charge in [0.05, 0.1) is 11.8 Å². The Morgan fingerprint density at radius 2 is 2.00 bits per heavy atom. The number of aromatic hydroxyl groups is 1. The van der Waals surface area contributed by atoms with E-state index in [0.717, 1.165) is 0 Å². The molecule has 2 aromatic rings. The summed E-state index contributed by atoms with van der Waals surface area (Å²) in [7, 11) is 0. The fourth-order valence-corrected chi connectivity index (χ4v) is 1.68. The van der Waals surface area contributed by atoms with Crippen molar-refractivity contribution in [1.82, 2.24) is 15.5 Å². The molecule has 1 atom stereocenters. The lowest BCUT2D eigenvalue weighted by Crippen LogP contribution is -2.42. The van der Waals surface area contributed by atoms with Crippen molar-refractivity contribution in [3.63, 3.8) is 0 Å². The number of aromatic amines is 1. The Hall–Kier alpha value is -2.83. The molecule has 0 aliphatic carbocycles. The minimum absolute atomic E-state index is 0.100. The van der Waals surface area contributed by atoms with Gasteiger partial charge in [-0.2, -0.15) is 5.10 Å². The van der Waals surface area contributed by atoms with E-state index in [-0.39, 0.29) is 17.7 Å². The number of nitrogens with one attached hydrogen (secondary N) is 2. The topological polar surface area (TPSA) is 115 Å². The number of carboxylic acid groups (broad SMARTS) is 1. The normalized spacial score (nSPS) is 11.8. The number of carbonyl (C=O) groups excluding carboxylic acids is 1. The average molecular weight is 275 g/mol. The second-order valence-electron chi connectivity index (χ2n) is 4.22. The lowest BCUT2D eigenvalue weighted by Gasteiger charge is -2.14. The van der Waals surface area contributed by atoms with Crippen molar-refractivity contribution in [3.8, 4) is 5.75 Å². The van der Waals surface area contributed by atoms with Crippen LogP contribution in [0.25, 0.3) is 0 Å². The van der Waals surface area contributed by atoms with Crippen LogP contribution in [0.5, 0.6) is 5.75 Å². The van der Waals surface area contributed by atoms with Gasteiger partial charge in [0.15, 0.2) is 0 Å². The average Bonchev–Trinajstić information content (AvgIpc) is 2.94. The van der Waals surface area contributed by atoms with Gasteiger partial charge in [-0.1, -0.05) is 12.1 Å². The highest BCUT2D eigenvalue weighted by atomic mass is 16.4. The summed E-state index contributed by atoms with van der Waals surface area (Å²) in [6, 6.07) is 5.09. The monoisotopic (exact) mass is 275 g/mol. The van der Waals surface area contributed by atoms with E-state index in [4.69, 9.17) is 5.11 Å². The van der Waals surface area contributed by atoms with Crippen molar-refractivity contribution in [2.75, 3.05) is 0 Å². The molecule has 7 nitrogen and oxygen atoms in total. The Kier molecular flexibility index (Phi) is 3.99. The molecule has 20 heavy (non-hydrogen) atoms. The molecule has 4 N–H and O–H groups in total. The largest absolute Gasteiger partial charge is 0.508 e. The summed E-state index contributed by atoms with van der Waals surface area (Å²) in [4.78, 5) is 23.0. The molecule has 2 rings (SSSR count). The van der Waals surface area contributed by atoms with Gasteiger partial charge in [0.1, 0.15) is 11.8 Å². The van der Waals surface area contributed by atoms with Crippen LogP contribution in [-0.2, 0) is 11.2 Å². The van der Waals surface area contributed by atoms with Crippen LogP contribution in [-0.4, -0.2) is 38.3 Å². The number of hydrogen-bond acceptors (Lipinski definition) is 4. The first-order valence-electron chi connectivity index (χ1n) is 5.86. The maximum atomic E-state index is 11.8. The van der Waals surface area contributed by atoms with Gasteiger partial charge in [-0.15, -0.1) is 0 Å². The first-order chi connectivity index (χ1) is 9.56. The van der Waals surface area contributed by atoms with E-state index in [9.17, 15) is 14.7 Å². The number of aromatic nitrogens is 2. The SMILES string of the molecule is O=C(N[C@@H](Cc1ccc(O)cc1)C(=O)O)c1cn[nH]c1. The Balaban J connectivity index is 2.06. The van der Waals surface area contributed by atoms with Crippen molar-refractivity contribution in [2.24, 2.45) is 0 Å². The molecule has 0 aliphatic rings. The quantitative estimate of drug-likeness (QED) is 0.635. The molecule has 0 saturated heterocycles. The van der Waals surface area contributed by atoms with Gasteiger partial charge in [0.25, 0.3) is 5.91 Å². The summed E-state index contributed by atoms with van der Waals surface area (Å²) in [5.41, 5.74) is 0.963. The molecule has 0 radical (unpaired) electrons. The highest BCUT2D eigenvalue weighted by molar-refractivity contribution is 5.96. The van der Waals surface area contributed by atoms with Gasteiger partial charge in [0.2, 0.25) is 0 Å². The van der Waals surface area contributed by atoms with Crippen molar-refractivity contribution in [2.45, 2.75) is 12.5 Å². The maximum Gasteiger partial charge on any atom is 0.326 e. The molecule has 0 aliphatic heterocycles. The number of rotatable bonds is 5. The molecule has 0 spiro atoms. The molecule has 104 valence electrons. The summed E-state index contributed by atoms with van der Waals surface area (Å²) in [6.07, 6.45) is 2.82.